The molecule has 1 unspecified atom stereocenters. The van der Waals surface area contributed by atoms with Gasteiger partial charge in [0.2, 0.25) is 0 Å². The number of hydrogen-bond acceptors (Lipinski definition) is 3. The number of esters is 1. The highest BCUT2D eigenvalue weighted by molar-refractivity contribution is 6.34. The average Bonchev–Trinajstić information content (AvgIpc) is 2.28. The van der Waals surface area contributed by atoms with Gasteiger partial charge >= 0.3 is 5.97 Å². The molecule has 0 aliphatic heterocycles. The van der Waals surface area contributed by atoms with Gasteiger partial charge in [-0.25, -0.2) is 0 Å². The third-order valence-corrected chi connectivity index (χ3v) is 2.81. The topological polar surface area (TPSA) is 43.4 Å². The van der Waals surface area contributed by atoms with Crippen molar-refractivity contribution in [2.24, 2.45) is 0 Å². The second kappa shape index (κ2) is 6.55. The highest BCUT2D eigenvalue weighted by atomic mass is 35.5. The fraction of sp³-hybridized carbons (Fsp3) is 0.429. The minimum absolute atomic E-state index is 0.0974. The molecule has 3 nitrogen and oxygen atoms in total. The van der Waals surface area contributed by atoms with Crippen LogP contribution in [-0.4, -0.2) is 23.7 Å². The van der Waals surface area contributed by atoms with E-state index in [2.05, 4.69) is 0 Å². The van der Waals surface area contributed by atoms with Crippen LogP contribution in [0.3, 0.4) is 0 Å². The van der Waals surface area contributed by atoms with E-state index < -0.39 is 5.38 Å². The van der Waals surface area contributed by atoms with Crippen LogP contribution in [0.2, 0.25) is 0 Å². The predicted molar refractivity (Wildman–Crippen MR) is 71.2 cm³/mol. The van der Waals surface area contributed by atoms with Crippen molar-refractivity contribution in [1.82, 2.24) is 0 Å². The third-order valence-electron chi connectivity index (χ3n) is 2.61. The Morgan fingerprint density at radius 3 is 2.61 bits per heavy atom. The van der Waals surface area contributed by atoms with Crippen molar-refractivity contribution < 1.29 is 14.3 Å². The zero-order valence-corrected chi connectivity index (χ0v) is 11.6. The molecular formula is C14H17ClO3. The van der Waals surface area contributed by atoms with E-state index in [1.54, 1.807) is 19.9 Å². The summed E-state index contributed by atoms with van der Waals surface area (Å²) in [4.78, 5) is 23.5. The van der Waals surface area contributed by atoms with Crippen molar-refractivity contribution >= 4 is 23.4 Å². The van der Waals surface area contributed by atoms with E-state index in [0.717, 1.165) is 5.56 Å². The molecule has 0 N–H and O–H groups in total. The number of carbonyl (C=O) groups excluding carboxylic acids is 2. The number of ketones is 1. The first kappa shape index (κ1) is 14.7. The van der Waals surface area contributed by atoms with Crippen LogP contribution in [0.4, 0.5) is 0 Å². The third kappa shape index (κ3) is 3.57. The van der Waals surface area contributed by atoms with Crippen LogP contribution < -0.4 is 0 Å². The van der Waals surface area contributed by atoms with Crippen molar-refractivity contribution in [2.45, 2.75) is 32.6 Å². The number of ether oxygens (including phenoxy) is 1. The number of rotatable bonds is 5. The predicted octanol–water partition coefficient (Wildman–Crippen LogP) is 2.91. The van der Waals surface area contributed by atoms with Crippen LogP contribution in [0, 0.1) is 6.92 Å². The molecule has 1 aromatic rings. The monoisotopic (exact) mass is 268 g/mol. The lowest BCUT2D eigenvalue weighted by Crippen LogP contribution is -2.17. The first-order valence-electron chi connectivity index (χ1n) is 5.89. The Labute approximate surface area is 112 Å². The molecule has 0 amide bonds. The summed E-state index contributed by atoms with van der Waals surface area (Å²) in [6, 6.07) is 5.41. The summed E-state index contributed by atoms with van der Waals surface area (Å²) in [5, 5.41) is -0.605. The summed E-state index contributed by atoms with van der Waals surface area (Å²) in [5.74, 6) is -0.492. The zero-order chi connectivity index (χ0) is 13.7. The number of hydrogen-bond donors (Lipinski definition) is 0. The number of halogens is 1. The van der Waals surface area contributed by atoms with Crippen LogP contribution >= 0.6 is 11.6 Å². The molecule has 0 saturated carbocycles. The van der Waals surface area contributed by atoms with Gasteiger partial charge in [0.25, 0.3) is 0 Å². The largest absolute Gasteiger partial charge is 0.466 e. The Kier molecular flexibility index (Phi) is 5.35. The van der Waals surface area contributed by atoms with E-state index >= 15 is 0 Å². The number of aryl methyl sites for hydroxylation is 1. The fourth-order valence-corrected chi connectivity index (χ4v) is 1.90. The fourth-order valence-electron chi connectivity index (χ4n) is 1.79. The Hall–Kier alpha value is -1.35. The highest BCUT2D eigenvalue weighted by Gasteiger charge is 2.20. The quantitative estimate of drug-likeness (QED) is 0.468. The summed E-state index contributed by atoms with van der Waals surface area (Å²) < 4.78 is 4.90. The van der Waals surface area contributed by atoms with Gasteiger partial charge in [-0.1, -0.05) is 18.2 Å². The van der Waals surface area contributed by atoms with Gasteiger partial charge in [-0.2, -0.15) is 0 Å². The maximum Gasteiger partial charge on any atom is 0.310 e. The van der Waals surface area contributed by atoms with Crippen molar-refractivity contribution in [2.75, 3.05) is 6.61 Å². The Morgan fingerprint density at radius 1 is 1.39 bits per heavy atom. The van der Waals surface area contributed by atoms with E-state index in [9.17, 15) is 9.59 Å². The first-order chi connectivity index (χ1) is 8.47. The van der Waals surface area contributed by atoms with Gasteiger partial charge < -0.3 is 4.74 Å². The summed E-state index contributed by atoms with van der Waals surface area (Å²) in [7, 11) is 0. The van der Waals surface area contributed by atoms with Gasteiger partial charge in [-0.3, -0.25) is 9.59 Å². The number of Topliss-reactive ketones (excluding diaryl/α,β-unsaturated/α-hetero) is 1. The van der Waals surface area contributed by atoms with Gasteiger partial charge in [0.05, 0.1) is 18.4 Å². The summed E-state index contributed by atoms with van der Waals surface area (Å²) in [6.07, 6.45) is 0.0974. The summed E-state index contributed by atoms with van der Waals surface area (Å²) in [6.45, 7) is 5.55. The molecular weight excluding hydrogens is 252 g/mol. The van der Waals surface area contributed by atoms with Crippen molar-refractivity contribution in [3.8, 4) is 0 Å². The van der Waals surface area contributed by atoms with Gasteiger partial charge in [-0.15, -0.1) is 11.6 Å². The molecule has 0 aliphatic carbocycles. The van der Waals surface area contributed by atoms with E-state index in [0.29, 0.717) is 17.7 Å². The van der Waals surface area contributed by atoms with Crippen molar-refractivity contribution in [3.63, 3.8) is 0 Å². The molecule has 1 rings (SSSR count). The van der Waals surface area contributed by atoms with Gasteiger partial charge in [-0.05, 0) is 31.9 Å². The molecule has 98 valence electrons. The molecule has 0 heterocycles. The Balaban J connectivity index is 3.08. The van der Waals surface area contributed by atoms with Gasteiger partial charge in [0.1, 0.15) is 0 Å². The molecule has 4 heteroatoms. The Morgan fingerprint density at radius 2 is 2.06 bits per heavy atom. The zero-order valence-electron chi connectivity index (χ0n) is 10.8. The molecule has 0 saturated heterocycles. The molecule has 1 atom stereocenters. The lowest BCUT2D eigenvalue weighted by Gasteiger charge is -2.12. The van der Waals surface area contributed by atoms with Gasteiger partial charge in [0, 0.05) is 5.56 Å². The minimum Gasteiger partial charge on any atom is -0.466 e. The van der Waals surface area contributed by atoms with E-state index in [1.165, 1.54) is 0 Å². The van der Waals surface area contributed by atoms with Crippen LogP contribution in [-0.2, 0) is 16.0 Å². The smallest absolute Gasteiger partial charge is 0.310 e. The van der Waals surface area contributed by atoms with Crippen LogP contribution in [0.1, 0.15) is 35.3 Å². The molecule has 0 aromatic heterocycles. The minimum atomic E-state index is -0.605. The molecule has 0 bridgehead atoms. The highest BCUT2D eigenvalue weighted by Crippen LogP contribution is 2.19. The van der Waals surface area contributed by atoms with Crippen molar-refractivity contribution in [1.29, 1.82) is 0 Å². The van der Waals surface area contributed by atoms with Crippen LogP contribution in [0.25, 0.3) is 0 Å². The standard InChI is InChI=1S/C14H17ClO3/c1-4-18-12(16)8-11-7-5-6-9(2)13(11)14(17)10(3)15/h5-7,10H,4,8H2,1-3H3. The maximum absolute atomic E-state index is 12.0. The summed E-state index contributed by atoms with van der Waals surface area (Å²) in [5.41, 5.74) is 2.04. The van der Waals surface area contributed by atoms with Gasteiger partial charge in [0.15, 0.2) is 5.78 Å². The Bertz CT molecular complexity index is 452. The first-order valence-corrected chi connectivity index (χ1v) is 6.33. The molecule has 18 heavy (non-hydrogen) atoms. The average molecular weight is 269 g/mol. The van der Waals surface area contributed by atoms with E-state index in [-0.39, 0.29) is 18.2 Å². The van der Waals surface area contributed by atoms with E-state index in [4.69, 9.17) is 16.3 Å². The lowest BCUT2D eigenvalue weighted by molar-refractivity contribution is -0.142. The SMILES string of the molecule is CCOC(=O)Cc1cccc(C)c1C(=O)C(C)Cl. The molecule has 1 aromatic carbocycles. The van der Waals surface area contributed by atoms with Crippen molar-refractivity contribution in [3.05, 3.63) is 34.9 Å². The lowest BCUT2D eigenvalue weighted by atomic mass is 9.95. The number of benzene rings is 1. The van der Waals surface area contributed by atoms with Crippen LogP contribution in [0.15, 0.2) is 18.2 Å². The number of alkyl halides is 1. The maximum atomic E-state index is 12.0. The van der Waals surface area contributed by atoms with E-state index in [1.807, 2.05) is 19.1 Å². The second-order valence-electron chi connectivity index (χ2n) is 4.07. The molecule has 0 aliphatic rings. The summed E-state index contributed by atoms with van der Waals surface area (Å²) >= 11 is 5.84. The normalized spacial score (nSPS) is 12.0. The number of carbonyl (C=O) groups is 2. The second-order valence-corrected chi connectivity index (χ2v) is 4.73. The van der Waals surface area contributed by atoms with Crippen LogP contribution in [0.5, 0.6) is 0 Å². The molecule has 0 spiro atoms. The molecule has 0 radical (unpaired) electrons. The molecule has 0 fully saturated rings.